The molecule has 0 saturated carbocycles. The Morgan fingerprint density at radius 2 is 1.74 bits per heavy atom. The molecule has 31 heavy (non-hydrogen) atoms. The Morgan fingerprint density at radius 3 is 2.42 bits per heavy atom. The van der Waals surface area contributed by atoms with Crippen molar-refractivity contribution in [1.29, 1.82) is 0 Å². The summed E-state index contributed by atoms with van der Waals surface area (Å²) >= 11 is 0. The van der Waals surface area contributed by atoms with E-state index in [-0.39, 0.29) is 21.8 Å². The molecule has 1 aliphatic rings. The Kier molecular flexibility index (Phi) is 6.56. The zero-order chi connectivity index (χ0) is 22.8. The van der Waals surface area contributed by atoms with Gasteiger partial charge >= 0.3 is 0 Å². The molecule has 2 aromatic carbocycles. The highest BCUT2D eigenvalue weighted by atomic mass is 32.2. The van der Waals surface area contributed by atoms with Crippen LogP contribution in [-0.2, 0) is 14.8 Å². The molecular formula is C22H24N2O6S. The van der Waals surface area contributed by atoms with Gasteiger partial charge in [-0.25, -0.2) is 8.42 Å². The van der Waals surface area contributed by atoms with Crippen LogP contribution < -0.4 is 4.74 Å². The third-order valence-electron chi connectivity index (χ3n) is 5.08. The number of sulfonamides is 1. The molecule has 0 bridgehead atoms. The summed E-state index contributed by atoms with van der Waals surface area (Å²) in [7, 11) is -3.75. The van der Waals surface area contributed by atoms with Crippen molar-refractivity contribution in [3.63, 3.8) is 0 Å². The largest absolute Gasteiger partial charge is 0.480 e. The highest BCUT2D eigenvalue weighted by molar-refractivity contribution is 7.89. The minimum atomic E-state index is -3.75. The summed E-state index contributed by atoms with van der Waals surface area (Å²) < 4.78 is 32.4. The molecule has 1 atom stereocenters. The van der Waals surface area contributed by atoms with E-state index >= 15 is 0 Å². The first-order chi connectivity index (χ1) is 14.7. The van der Waals surface area contributed by atoms with Crippen LogP contribution in [0.1, 0.15) is 41.5 Å². The SMILES string of the molecule is CCN(CC)S(=O)(=O)c1cccc(C(=O)CN2C(=O)c3ccccc3O[C@@H](C)C2=O)c1. The van der Waals surface area contributed by atoms with Crippen molar-refractivity contribution in [1.82, 2.24) is 9.21 Å². The van der Waals surface area contributed by atoms with Crippen LogP contribution in [0.2, 0.25) is 0 Å². The number of hydrogen-bond acceptors (Lipinski definition) is 6. The summed E-state index contributed by atoms with van der Waals surface area (Å²) in [4.78, 5) is 39.4. The summed E-state index contributed by atoms with van der Waals surface area (Å²) in [6.07, 6.45) is -0.949. The Morgan fingerprint density at radius 1 is 1.06 bits per heavy atom. The first kappa shape index (κ1) is 22.6. The smallest absolute Gasteiger partial charge is 0.270 e. The molecule has 0 fully saturated rings. The number of ether oxygens (including phenoxy) is 1. The molecule has 1 aliphatic heterocycles. The number of carbonyl (C=O) groups is 3. The van der Waals surface area contributed by atoms with Crippen LogP contribution in [0.5, 0.6) is 5.75 Å². The molecule has 0 unspecified atom stereocenters. The molecule has 9 heteroatoms. The van der Waals surface area contributed by atoms with Gasteiger partial charge in [-0.1, -0.05) is 38.1 Å². The maximum atomic E-state index is 12.9. The van der Waals surface area contributed by atoms with E-state index in [0.717, 1.165) is 4.90 Å². The lowest BCUT2D eigenvalue weighted by Gasteiger charge is -2.20. The molecule has 3 rings (SSSR count). The molecule has 0 saturated heterocycles. The van der Waals surface area contributed by atoms with E-state index < -0.39 is 40.3 Å². The fourth-order valence-corrected chi connectivity index (χ4v) is 4.88. The maximum Gasteiger partial charge on any atom is 0.270 e. The van der Waals surface area contributed by atoms with E-state index in [1.54, 1.807) is 32.0 Å². The van der Waals surface area contributed by atoms with Crippen molar-refractivity contribution < 1.29 is 27.5 Å². The second kappa shape index (κ2) is 8.99. The van der Waals surface area contributed by atoms with E-state index in [9.17, 15) is 22.8 Å². The summed E-state index contributed by atoms with van der Waals surface area (Å²) in [5, 5.41) is 0. The average Bonchev–Trinajstić information content (AvgIpc) is 2.85. The molecule has 2 aromatic rings. The number of Topliss-reactive ketones (excluding diaryl/α,β-unsaturated/α-hetero) is 1. The zero-order valence-corrected chi connectivity index (χ0v) is 18.4. The van der Waals surface area contributed by atoms with E-state index in [4.69, 9.17) is 4.74 Å². The molecule has 1 heterocycles. The predicted molar refractivity (Wildman–Crippen MR) is 113 cm³/mol. The van der Waals surface area contributed by atoms with Crippen LogP contribution in [-0.4, -0.2) is 61.0 Å². The van der Waals surface area contributed by atoms with Crippen LogP contribution in [0.25, 0.3) is 0 Å². The van der Waals surface area contributed by atoms with Crippen molar-refractivity contribution in [2.75, 3.05) is 19.6 Å². The number of amides is 2. The van der Waals surface area contributed by atoms with Crippen molar-refractivity contribution in [2.24, 2.45) is 0 Å². The summed E-state index contributed by atoms with van der Waals surface area (Å²) in [6.45, 7) is 5.04. The fourth-order valence-electron chi connectivity index (χ4n) is 3.38. The molecule has 0 N–H and O–H groups in total. The number of hydrogen-bond donors (Lipinski definition) is 0. The van der Waals surface area contributed by atoms with Crippen molar-refractivity contribution in [3.05, 3.63) is 59.7 Å². The van der Waals surface area contributed by atoms with Gasteiger partial charge in [-0.05, 0) is 31.2 Å². The Balaban J connectivity index is 1.91. The number of nitrogens with zero attached hydrogens (tertiary/aromatic N) is 2. The van der Waals surface area contributed by atoms with Gasteiger partial charge in [0.05, 0.1) is 17.0 Å². The molecule has 2 amide bonds. The van der Waals surface area contributed by atoms with E-state index in [1.165, 1.54) is 41.6 Å². The molecule has 0 radical (unpaired) electrons. The molecule has 0 spiro atoms. The van der Waals surface area contributed by atoms with Gasteiger partial charge in [0.1, 0.15) is 5.75 Å². The van der Waals surface area contributed by atoms with Gasteiger partial charge in [0.2, 0.25) is 10.0 Å². The van der Waals surface area contributed by atoms with Crippen LogP contribution in [0.4, 0.5) is 0 Å². The monoisotopic (exact) mass is 444 g/mol. The van der Waals surface area contributed by atoms with Gasteiger partial charge in [0, 0.05) is 18.7 Å². The first-order valence-electron chi connectivity index (χ1n) is 9.95. The third kappa shape index (κ3) is 4.38. The predicted octanol–water partition coefficient (Wildman–Crippen LogP) is 2.35. The summed E-state index contributed by atoms with van der Waals surface area (Å²) in [5.41, 5.74) is 0.283. The molecule has 0 aliphatic carbocycles. The van der Waals surface area contributed by atoms with Gasteiger partial charge in [0.15, 0.2) is 11.9 Å². The maximum absolute atomic E-state index is 12.9. The molecule has 0 aromatic heterocycles. The number of imide groups is 1. The zero-order valence-electron chi connectivity index (χ0n) is 17.6. The molecule has 8 nitrogen and oxygen atoms in total. The van der Waals surface area contributed by atoms with Crippen LogP contribution in [0.15, 0.2) is 53.4 Å². The van der Waals surface area contributed by atoms with Gasteiger partial charge < -0.3 is 4.74 Å². The normalized spacial score (nSPS) is 16.6. The van der Waals surface area contributed by atoms with Gasteiger partial charge in [0.25, 0.3) is 11.8 Å². The van der Waals surface area contributed by atoms with Gasteiger partial charge in [-0.3, -0.25) is 19.3 Å². The standard InChI is InChI=1S/C22H24N2O6S/c1-4-23(5-2)31(28,29)17-10-8-9-16(13-17)19(25)14-24-21(26)15(3)30-20-12-7-6-11-18(20)22(24)27/h6-13,15H,4-5,14H2,1-3H3/t15-/m0/s1. The average molecular weight is 445 g/mol. The van der Waals surface area contributed by atoms with E-state index in [0.29, 0.717) is 13.1 Å². The van der Waals surface area contributed by atoms with Gasteiger partial charge in [-0.15, -0.1) is 0 Å². The Hall–Kier alpha value is -3.04. The second-order valence-electron chi connectivity index (χ2n) is 7.03. The minimum absolute atomic E-state index is 0.0161. The Labute approximate surface area is 181 Å². The molecular weight excluding hydrogens is 420 g/mol. The van der Waals surface area contributed by atoms with Crippen molar-refractivity contribution in [3.8, 4) is 5.75 Å². The fraction of sp³-hybridized carbons (Fsp3) is 0.318. The van der Waals surface area contributed by atoms with Crippen molar-refractivity contribution in [2.45, 2.75) is 31.8 Å². The topological polar surface area (TPSA) is 101 Å². The molecule has 164 valence electrons. The summed E-state index contributed by atoms with van der Waals surface area (Å²) in [5.74, 6) is -1.55. The third-order valence-corrected chi connectivity index (χ3v) is 7.13. The number of rotatable bonds is 7. The van der Waals surface area contributed by atoms with Gasteiger partial charge in [-0.2, -0.15) is 4.31 Å². The van der Waals surface area contributed by atoms with Crippen molar-refractivity contribution >= 4 is 27.6 Å². The summed E-state index contributed by atoms with van der Waals surface area (Å²) in [6, 6.07) is 12.1. The van der Waals surface area contributed by atoms with E-state index in [2.05, 4.69) is 0 Å². The number of fused-ring (bicyclic) bond motifs is 1. The number of benzene rings is 2. The first-order valence-corrected chi connectivity index (χ1v) is 11.4. The second-order valence-corrected chi connectivity index (χ2v) is 8.96. The van der Waals surface area contributed by atoms with Crippen LogP contribution in [0.3, 0.4) is 0 Å². The lowest BCUT2D eigenvalue weighted by molar-refractivity contribution is -0.134. The lowest BCUT2D eigenvalue weighted by Crippen LogP contribution is -2.44. The van der Waals surface area contributed by atoms with E-state index in [1.807, 2.05) is 0 Å². The lowest BCUT2D eigenvalue weighted by atomic mass is 10.1. The minimum Gasteiger partial charge on any atom is -0.480 e. The highest BCUT2D eigenvalue weighted by Crippen LogP contribution is 2.26. The highest BCUT2D eigenvalue weighted by Gasteiger charge is 2.35. The number of para-hydroxylation sites is 1. The van der Waals surface area contributed by atoms with Crippen LogP contribution >= 0.6 is 0 Å². The Bertz CT molecular complexity index is 1120. The number of carbonyl (C=O) groups excluding carboxylic acids is 3. The number of ketones is 1. The quantitative estimate of drug-likeness (QED) is 0.480. The van der Waals surface area contributed by atoms with Crippen LogP contribution in [0, 0.1) is 0 Å².